The van der Waals surface area contributed by atoms with Gasteiger partial charge in [-0.05, 0) is 24.7 Å². The summed E-state index contributed by atoms with van der Waals surface area (Å²) in [6.07, 6.45) is 8.58. The van der Waals surface area contributed by atoms with Crippen molar-refractivity contribution in [3.63, 3.8) is 0 Å². The Bertz CT molecular complexity index is 71.3. The van der Waals surface area contributed by atoms with Crippen molar-refractivity contribution < 1.29 is 0 Å². The van der Waals surface area contributed by atoms with Gasteiger partial charge in [0.15, 0.2) is 0 Å². The van der Waals surface area contributed by atoms with E-state index in [0.29, 0.717) is 0 Å². The van der Waals surface area contributed by atoms with E-state index in [1.54, 1.807) is 0 Å². The number of rotatable bonds is 7. The fraction of sp³-hybridized carbons (Fsp3) is 1.00. The quantitative estimate of drug-likeness (QED) is 0.403. The van der Waals surface area contributed by atoms with Crippen LogP contribution < -0.4 is 0 Å². The molecule has 0 saturated carbocycles. The highest BCUT2D eigenvalue weighted by molar-refractivity contribution is 7.38. The van der Waals surface area contributed by atoms with E-state index in [-0.39, 0.29) is 0 Å². The second-order valence-corrected chi connectivity index (χ2v) is 5.22. The molecule has 0 aromatic carbocycles. The summed E-state index contributed by atoms with van der Waals surface area (Å²) in [6, 6.07) is 0. The van der Waals surface area contributed by atoms with Gasteiger partial charge in [-0.15, -0.1) is 8.58 Å². The van der Waals surface area contributed by atoms with Gasteiger partial charge in [0.2, 0.25) is 0 Å². The van der Waals surface area contributed by atoms with Gasteiger partial charge < -0.3 is 0 Å². The van der Waals surface area contributed by atoms with E-state index in [4.69, 9.17) is 0 Å². The van der Waals surface area contributed by atoms with Gasteiger partial charge in [0.05, 0.1) is 0 Å². The second kappa shape index (κ2) is 8.53. The van der Waals surface area contributed by atoms with Crippen LogP contribution in [-0.4, -0.2) is 11.8 Å². The molecule has 0 rings (SSSR count). The number of unbranched alkanes of at least 4 members (excludes halogenated alkanes) is 3. The summed E-state index contributed by atoms with van der Waals surface area (Å²) < 4.78 is 0. The first-order chi connectivity index (χ1) is 5.31. The highest BCUT2D eigenvalue weighted by Gasteiger charge is 1.96. The zero-order chi connectivity index (χ0) is 8.53. The highest BCUT2D eigenvalue weighted by Crippen LogP contribution is 2.22. The molecule has 0 bridgehead atoms. The summed E-state index contributed by atoms with van der Waals surface area (Å²) in [6.45, 7) is 6.94. The predicted octanol–water partition coefficient (Wildman–Crippen LogP) is 4.04. The van der Waals surface area contributed by atoms with Gasteiger partial charge in [-0.1, -0.05) is 40.0 Å². The van der Waals surface area contributed by atoms with Gasteiger partial charge in [-0.2, -0.15) is 0 Å². The monoisotopic (exact) mass is 174 g/mol. The maximum absolute atomic E-state index is 2.37. The molecule has 0 spiro atoms. The second-order valence-electron chi connectivity index (χ2n) is 3.32. The molecule has 0 radical (unpaired) electrons. The van der Waals surface area contributed by atoms with Crippen molar-refractivity contribution in [1.82, 2.24) is 0 Å². The van der Waals surface area contributed by atoms with Crippen LogP contribution in [0, 0.1) is 0 Å². The maximum Gasteiger partial charge on any atom is -0.0268 e. The molecular formula is C10H23P. The van der Waals surface area contributed by atoms with Gasteiger partial charge >= 0.3 is 0 Å². The lowest BCUT2D eigenvalue weighted by Crippen LogP contribution is -1.91. The summed E-state index contributed by atoms with van der Waals surface area (Å²) in [5.41, 5.74) is 0.983. The molecule has 0 heterocycles. The molecule has 68 valence electrons. The van der Waals surface area contributed by atoms with E-state index in [9.17, 15) is 0 Å². The topological polar surface area (TPSA) is 0 Å². The van der Waals surface area contributed by atoms with Gasteiger partial charge in [-0.3, -0.25) is 0 Å². The molecule has 0 fully saturated rings. The molecule has 0 amide bonds. The van der Waals surface area contributed by atoms with Crippen LogP contribution in [-0.2, 0) is 0 Å². The Labute approximate surface area is 73.9 Å². The Morgan fingerprint density at radius 1 is 1.09 bits per heavy atom. The van der Waals surface area contributed by atoms with Crippen molar-refractivity contribution in [2.75, 3.05) is 6.16 Å². The minimum atomic E-state index is 0.983. The molecule has 2 atom stereocenters. The molecule has 0 N–H and O–H groups in total. The van der Waals surface area contributed by atoms with Crippen molar-refractivity contribution in [1.29, 1.82) is 0 Å². The summed E-state index contributed by atoms with van der Waals surface area (Å²) in [4.78, 5) is 0. The molecular weight excluding hydrogens is 151 g/mol. The van der Waals surface area contributed by atoms with Crippen LogP contribution >= 0.6 is 8.58 Å². The average molecular weight is 174 g/mol. The zero-order valence-corrected chi connectivity index (χ0v) is 9.32. The standard InChI is InChI=1S/C10H23P/c1-4-6-7-8-9-11-10(3)5-2/h10-11H,4-9H2,1-3H3. The molecule has 0 nitrogen and oxygen atoms in total. The Morgan fingerprint density at radius 3 is 2.36 bits per heavy atom. The minimum absolute atomic E-state index is 0.983. The van der Waals surface area contributed by atoms with Crippen LogP contribution in [0.4, 0.5) is 0 Å². The van der Waals surface area contributed by atoms with Gasteiger partial charge in [0.25, 0.3) is 0 Å². The van der Waals surface area contributed by atoms with E-state index in [1.807, 2.05) is 0 Å². The van der Waals surface area contributed by atoms with Crippen molar-refractivity contribution in [2.24, 2.45) is 0 Å². The van der Waals surface area contributed by atoms with E-state index in [2.05, 4.69) is 20.8 Å². The van der Waals surface area contributed by atoms with Gasteiger partial charge in [0, 0.05) is 0 Å². The fourth-order valence-electron chi connectivity index (χ4n) is 1.04. The predicted molar refractivity (Wildman–Crippen MR) is 57.1 cm³/mol. The zero-order valence-electron chi connectivity index (χ0n) is 8.32. The van der Waals surface area contributed by atoms with Crippen LogP contribution in [0.15, 0.2) is 0 Å². The highest BCUT2D eigenvalue weighted by atomic mass is 31.1. The third-order valence-electron chi connectivity index (χ3n) is 2.14. The first kappa shape index (κ1) is 11.4. The molecule has 0 aliphatic carbocycles. The third-order valence-corrected chi connectivity index (χ3v) is 3.88. The molecule has 1 heteroatoms. The number of hydrogen-bond donors (Lipinski definition) is 0. The van der Waals surface area contributed by atoms with Crippen LogP contribution in [0.3, 0.4) is 0 Å². The third kappa shape index (κ3) is 8.34. The summed E-state index contributed by atoms with van der Waals surface area (Å²) in [5.74, 6) is 0. The Morgan fingerprint density at radius 2 is 1.82 bits per heavy atom. The Balaban J connectivity index is 2.89. The van der Waals surface area contributed by atoms with Crippen molar-refractivity contribution in [2.45, 2.75) is 58.5 Å². The van der Waals surface area contributed by atoms with Crippen LogP contribution in [0.1, 0.15) is 52.9 Å². The lowest BCUT2D eigenvalue weighted by atomic mass is 10.2. The molecule has 11 heavy (non-hydrogen) atoms. The van der Waals surface area contributed by atoms with Gasteiger partial charge in [-0.25, -0.2) is 0 Å². The fourth-order valence-corrected chi connectivity index (χ4v) is 2.28. The molecule has 0 saturated heterocycles. The normalized spacial score (nSPS) is 14.5. The van der Waals surface area contributed by atoms with E-state index in [0.717, 1.165) is 5.66 Å². The van der Waals surface area contributed by atoms with E-state index < -0.39 is 0 Å². The molecule has 0 aromatic heterocycles. The van der Waals surface area contributed by atoms with Crippen LogP contribution in [0.5, 0.6) is 0 Å². The van der Waals surface area contributed by atoms with Crippen molar-refractivity contribution in [3.8, 4) is 0 Å². The molecule has 0 aliphatic heterocycles. The lowest BCUT2D eigenvalue weighted by Gasteiger charge is -2.07. The first-order valence-corrected chi connectivity index (χ1v) is 6.33. The molecule has 0 aliphatic rings. The summed E-state index contributed by atoms with van der Waals surface area (Å²) >= 11 is 0. The van der Waals surface area contributed by atoms with Crippen molar-refractivity contribution in [3.05, 3.63) is 0 Å². The van der Waals surface area contributed by atoms with Gasteiger partial charge in [0.1, 0.15) is 0 Å². The molecule has 2 unspecified atom stereocenters. The van der Waals surface area contributed by atoms with Crippen molar-refractivity contribution >= 4 is 8.58 Å². The first-order valence-electron chi connectivity index (χ1n) is 5.04. The summed E-state index contributed by atoms with van der Waals surface area (Å²) in [7, 11) is 1.22. The van der Waals surface area contributed by atoms with Crippen LogP contribution in [0.25, 0.3) is 0 Å². The average Bonchev–Trinajstić information content (AvgIpc) is 2.04. The van der Waals surface area contributed by atoms with Crippen LogP contribution in [0.2, 0.25) is 0 Å². The largest absolute Gasteiger partial charge is 0.119 e. The number of hydrogen-bond acceptors (Lipinski definition) is 0. The maximum atomic E-state index is 2.37. The lowest BCUT2D eigenvalue weighted by molar-refractivity contribution is 0.704. The Hall–Kier alpha value is 0.430. The molecule has 0 aromatic rings. The van der Waals surface area contributed by atoms with E-state index >= 15 is 0 Å². The SMILES string of the molecule is CCCCCCPC(C)CC. The minimum Gasteiger partial charge on any atom is -0.119 e. The Kier molecular flexibility index (Phi) is 8.86. The summed E-state index contributed by atoms with van der Waals surface area (Å²) in [5, 5.41) is 0. The van der Waals surface area contributed by atoms with E-state index in [1.165, 1.54) is 46.8 Å². The smallest absolute Gasteiger partial charge is 0.0268 e.